The highest BCUT2D eigenvalue weighted by atomic mass is 16.4. The van der Waals surface area contributed by atoms with Gasteiger partial charge in [0.1, 0.15) is 11.9 Å². The van der Waals surface area contributed by atoms with Crippen molar-refractivity contribution in [2.75, 3.05) is 6.54 Å². The fourth-order valence-corrected chi connectivity index (χ4v) is 3.14. The number of nitrogens with zero attached hydrogens (tertiary/aromatic N) is 3. The summed E-state index contributed by atoms with van der Waals surface area (Å²) >= 11 is 0. The molecule has 0 aromatic carbocycles. The highest BCUT2D eigenvalue weighted by Gasteiger charge is 2.28. The number of aliphatic hydroxyl groups is 1. The topological polar surface area (TPSA) is 54.4 Å². The van der Waals surface area contributed by atoms with Crippen LogP contribution in [0.2, 0.25) is 0 Å². The van der Waals surface area contributed by atoms with Gasteiger partial charge in [0.2, 0.25) is 0 Å². The van der Waals surface area contributed by atoms with Crippen LogP contribution in [0.5, 0.6) is 0 Å². The van der Waals surface area contributed by atoms with Crippen LogP contribution in [-0.4, -0.2) is 32.4 Å². The average molecular weight is 289 g/mol. The summed E-state index contributed by atoms with van der Waals surface area (Å²) in [6.45, 7) is 4.10. The molecule has 3 heterocycles. The normalized spacial score (nSPS) is 21.0. The molecule has 114 valence electrons. The van der Waals surface area contributed by atoms with Crippen LogP contribution in [0.4, 0.5) is 0 Å². The number of furan rings is 1. The predicted molar refractivity (Wildman–Crippen MR) is 79.7 cm³/mol. The summed E-state index contributed by atoms with van der Waals surface area (Å²) < 4.78 is 7.21. The van der Waals surface area contributed by atoms with Gasteiger partial charge in [0, 0.05) is 30.9 Å². The summed E-state index contributed by atoms with van der Waals surface area (Å²) in [5.74, 6) is 0.666. The number of hydrogen-bond donors (Lipinski definition) is 1. The molecule has 5 heteroatoms. The first kappa shape index (κ1) is 14.4. The summed E-state index contributed by atoms with van der Waals surface area (Å²) in [6, 6.07) is 4.07. The molecule has 0 radical (unpaired) electrons. The molecule has 0 bridgehead atoms. The minimum Gasteiger partial charge on any atom is -0.467 e. The Morgan fingerprint density at radius 1 is 1.52 bits per heavy atom. The van der Waals surface area contributed by atoms with Gasteiger partial charge in [-0.1, -0.05) is 0 Å². The fourth-order valence-electron chi connectivity index (χ4n) is 3.14. The van der Waals surface area contributed by atoms with Crippen molar-refractivity contribution in [1.82, 2.24) is 14.7 Å². The third-order valence-corrected chi connectivity index (χ3v) is 4.58. The van der Waals surface area contributed by atoms with E-state index in [1.165, 1.54) is 17.7 Å². The van der Waals surface area contributed by atoms with Crippen molar-refractivity contribution < 1.29 is 9.52 Å². The molecule has 2 unspecified atom stereocenters. The van der Waals surface area contributed by atoms with Gasteiger partial charge in [-0.2, -0.15) is 5.10 Å². The third kappa shape index (κ3) is 3.04. The molecule has 1 N–H and O–H groups in total. The van der Waals surface area contributed by atoms with Gasteiger partial charge in [-0.3, -0.25) is 9.58 Å². The molecule has 2 atom stereocenters. The van der Waals surface area contributed by atoms with E-state index >= 15 is 0 Å². The Balaban J connectivity index is 1.64. The van der Waals surface area contributed by atoms with Crippen molar-refractivity contribution in [2.45, 2.75) is 44.9 Å². The summed E-state index contributed by atoms with van der Waals surface area (Å²) in [7, 11) is 1.97. The first-order valence-electron chi connectivity index (χ1n) is 7.58. The van der Waals surface area contributed by atoms with Gasteiger partial charge in [-0.05, 0) is 44.9 Å². The van der Waals surface area contributed by atoms with Crippen LogP contribution in [-0.2, 0) is 13.6 Å². The fraction of sp³-hybridized carbons (Fsp3) is 0.562. The zero-order chi connectivity index (χ0) is 14.8. The Kier molecular flexibility index (Phi) is 4.12. The lowest BCUT2D eigenvalue weighted by Crippen LogP contribution is -2.30. The van der Waals surface area contributed by atoms with E-state index in [1.807, 2.05) is 30.1 Å². The molecule has 1 saturated heterocycles. The standard InChI is InChI=1S/C16H23N3O2/c1-12-13(10-17-18(12)2)11-19-7-3-5-14(19)9-15(20)16-6-4-8-21-16/h4,6,8,10,14-15,20H,3,5,7,9,11H2,1-2H3. The smallest absolute Gasteiger partial charge is 0.132 e. The number of rotatable bonds is 5. The van der Waals surface area contributed by atoms with Crippen LogP contribution >= 0.6 is 0 Å². The Morgan fingerprint density at radius 3 is 3.05 bits per heavy atom. The summed E-state index contributed by atoms with van der Waals surface area (Å²) in [5.41, 5.74) is 2.49. The molecule has 3 rings (SSSR count). The number of aromatic nitrogens is 2. The Labute approximate surface area is 125 Å². The highest BCUT2D eigenvalue weighted by Crippen LogP contribution is 2.29. The lowest BCUT2D eigenvalue weighted by molar-refractivity contribution is 0.0994. The average Bonchev–Trinajstić information content (AvgIpc) is 3.18. The zero-order valence-corrected chi connectivity index (χ0v) is 12.7. The van der Waals surface area contributed by atoms with E-state index in [-0.39, 0.29) is 0 Å². The van der Waals surface area contributed by atoms with Gasteiger partial charge < -0.3 is 9.52 Å². The first-order chi connectivity index (χ1) is 10.1. The van der Waals surface area contributed by atoms with Crippen molar-refractivity contribution >= 4 is 0 Å². The van der Waals surface area contributed by atoms with Crippen LogP contribution in [0.15, 0.2) is 29.0 Å². The van der Waals surface area contributed by atoms with E-state index in [1.54, 1.807) is 6.26 Å². The van der Waals surface area contributed by atoms with Gasteiger partial charge in [0.05, 0.1) is 12.5 Å². The van der Waals surface area contributed by atoms with Crippen molar-refractivity contribution in [3.05, 3.63) is 41.6 Å². The minimum absolute atomic E-state index is 0.407. The minimum atomic E-state index is -0.513. The predicted octanol–water partition coefficient (Wildman–Crippen LogP) is 2.41. The Morgan fingerprint density at radius 2 is 2.38 bits per heavy atom. The molecule has 5 nitrogen and oxygen atoms in total. The number of hydrogen-bond acceptors (Lipinski definition) is 4. The molecular weight excluding hydrogens is 266 g/mol. The summed E-state index contributed by atoms with van der Waals surface area (Å²) in [4.78, 5) is 2.45. The maximum atomic E-state index is 10.3. The van der Waals surface area contributed by atoms with E-state index < -0.39 is 6.10 Å². The van der Waals surface area contributed by atoms with E-state index in [9.17, 15) is 5.11 Å². The largest absolute Gasteiger partial charge is 0.467 e. The van der Waals surface area contributed by atoms with Gasteiger partial charge >= 0.3 is 0 Å². The molecule has 0 saturated carbocycles. The van der Waals surface area contributed by atoms with Crippen LogP contribution in [0.25, 0.3) is 0 Å². The number of aliphatic hydroxyl groups excluding tert-OH is 1. The summed E-state index contributed by atoms with van der Waals surface area (Å²) in [5, 5.41) is 14.6. The molecule has 0 amide bonds. The van der Waals surface area contributed by atoms with E-state index in [4.69, 9.17) is 4.42 Å². The lowest BCUT2D eigenvalue weighted by atomic mass is 10.0. The van der Waals surface area contributed by atoms with Crippen LogP contribution in [0.3, 0.4) is 0 Å². The van der Waals surface area contributed by atoms with Crippen molar-refractivity contribution in [2.24, 2.45) is 7.05 Å². The van der Waals surface area contributed by atoms with Crippen molar-refractivity contribution in [1.29, 1.82) is 0 Å². The van der Waals surface area contributed by atoms with Crippen LogP contribution in [0, 0.1) is 6.92 Å². The van der Waals surface area contributed by atoms with E-state index in [0.717, 1.165) is 25.9 Å². The van der Waals surface area contributed by atoms with Crippen LogP contribution < -0.4 is 0 Å². The SMILES string of the molecule is Cc1c(CN2CCCC2CC(O)c2ccco2)cnn1C. The third-order valence-electron chi connectivity index (χ3n) is 4.58. The highest BCUT2D eigenvalue weighted by molar-refractivity contribution is 5.16. The molecule has 0 spiro atoms. The molecule has 21 heavy (non-hydrogen) atoms. The zero-order valence-electron chi connectivity index (χ0n) is 12.7. The quantitative estimate of drug-likeness (QED) is 0.918. The Hall–Kier alpha value is -1.59. The molecule has 1 aliphatic rings. The van der Waals surface area contributed by atoms with Gasteiger partial charge in [0.25, 0.3) is 0 Å². The Bertz CT molecular complexity index is 576. The van der Waals surface area contributed by atoms with Gasteiger partial charge in [0.15, 0.2) is 0 Å². The molecule has 0 aliphatic carbocycles. The summed E-state index contributed by atoms with van der Waals surface area (Å²) in [6.07, 6.45) is 6.11. The van der Waals surface area contributed by atoms with Gasteiger partial charge in [-0.25, -0.2) is 0 Å². The molecule has 1 fully saturated rings. The molecular formula is C16H23N3O2. The van der Waals surface area contributed by atoms with Crippen molar-refractivity contribution in [3.63, 3.8) is 0 Å². The number of likely N-dealkylation sites (tertiary alicyclic amines) is 1. The first-order valence-corrected chi connectivity index (χ1v) is 7.58. The number of aryl methyl sites for hydroxylation is 1. The second-order valence-electron chi connectivity index (χ2n) is 5.91. The lowest BCUT2D eigenvalue weighted by Gasteiger charge is -2.25. The second-order valence-corrected chi connectivity index (χ2v) is 5.91. The second kappa shape index (κ2) is 6.03. The van der Waals surface area contributed by atoms with Crippen LogP contribution in [0.1, 0.15) is 42.4 Å². The maximum Gasteiger partial charge on any atom is 0.132 e. The molecule has 1 aliphatic heterocycles. The molecule has 2 aromatic heterocycles. The molecule has 2 aromatic rings. The van der Waals surface area contributed by atoms with E-state index in [2.05, 4.69) is 16.9 Å². The van der Waals surface area contributed by atoms with Gasteiger partial charge in [-0.15, -0.1) is 0 Å². The van der Waals surface area contributed by atoms with E-state index in [0.29, 0.717) is 11.8 Å². The monoisotopic (exact) mass is 289 g/mol. The van der Waals surface area contributed by atoms with Crippen molar-refractivity contribution in [3.8, 4) is 0 Å². The maximum absolute atomic E-state index is 10.3.